The molecule has 0 aliphatic carbocycles. The van der Waals surface area contributed by atoms with Crippen molar-refractivity contribution in [1.29, 1.82) is 0 Å². The van der Waals surface area contributed by atoms with E-state index in [4.69, 9.17) is 11.6 Å². The number of halogens is 2. The summed E-state index contributed by atoms with van der Waals surface area (Å²) in [6, 6.07) is 13.3. The van der Waals surface area contributed by atoms with Crippen LogP contribution in [0.2, 0.25) is 5.02 Å². The largest absolute Gasteiger partial charge is 0.205 e. The van der Waals surface area contributed by atoms with E-state index in [1.165, 1.54) is 17.2 Å². The van der Waals surface area contributed by atoms with Crippen LogP contribution in [0.15, 0.2) is 42.5 Å². The Morgan fingerprint density at radius 1 is 1.00 bits per heavy atom. The van der Waals surface area contributed by atoms with Gasteiger partial charge in [0.2, 0.25) is 0 Å². The first kappa shape index (κ1) is 12.1. The molecule has 0 radical (unpaired) electrons. The maximum Gasteiger partial charge on any atom is 0.142 e. The summed E-state index contributed by atoms with van der Waals surface area (Å²) < 4.78 is 13.2. The Morgan fingerprint density at radius 3 is 2.41 bits per heavy atom. The van der Waals surface area contributed by atoms with Gasteiger partial charge in [0.1, 0.15) is 5.82 Å². The molecule has 0 fully saturated rings. The summed E-state index contributed by atoms with van der Waals surface area (Å²) in [7, 11) is 0. The molecule has 0 amide bonds. The van der Waals surface area contributed by atoms with Gasteiger partial charge in [-0.1, -0.05) is 53.6 Å². The summed E-state index contributed by atoms with van der Waals surface area (Å²) in [6.45, 7) is 2.06. The van der Waals surface area contributed by atoms with Crippen molar-refractivity contribution in [2.75, 3.05) is 0 Å². The van der Waals surface area contributed by atoms with Crippen molar-refractivity contribution < 1.29 is 4.39 Å². The Bertz CT molecular complexity index is 503. The predicted molar refractivity (Wildman–Crippen MR) is 70.0 cm³/mol. The lowest BCUT2D eigenvalue weighted by Crippen LogP contribution is -1.94. The first-order valence-electron chi connectivity index (χ1n) is 5.65. The first-order chi connectivity index (χ1) is 8.16. The molecule has 0 saturated heterocycles. The van der Waals surface area contributed by atoms with Crippen LogP contribution in [0.4, 0.5) is 4.39 Å². The van der Waals surface area contributed by atoms with Crippen LogP contribution < -0.4 is 0 Å². The van der Waals surface area contributed by atoms with Gasteiger partial charge in [-0.25, -0.2) is 4.39 Å². The van der Waals surface area contributed by atoms with Gasteiger partial charge in [0.25, 0.3) is 0 Å². The van der Waals surface area contributed by atoms with Gasteiger partial charge < -0.3 is 0 Å². The van der Waals surface area contributed by atoms with E-state index in [-0.39, 0.29) is 10.8 Å². The lowest BCUT2D eigenvalue weighted by atomic mass is 10.0. The van der Waals surface area contributed by atoms with E-state index in [0.29, 0.717) is 0 Å². The van der Waals surface area contributed by atoms with E-state index in [1.807, 2.05) is 6.07 Å². The van der Waals surface area contributed by atoms with Crippen LogP contribution in [-0.4, -0.2) is 0 Å². The highest BCUT2D eigenvalue weighted by molar-refractivity contribution is 6.31. The summed E-state index contributed by atoms with van der Waals surface area (Å²) in [5, 5.41) is 0.250. The molecule has 2 rings (SSSR count). The third-order valence-electron chi connectivity index (χ3n) is 2.84. The quantitative estimate of drug-likeness (QED) is 0.746. The van der Waals surface area contributed by atoms with Gasteiger partial charge in [0.15, 0.2) is 0 Å². The summed E-state index contributed by atoms with van der Waals surface area (Å²) in [6.07, 6.45) is 1.64. The SMILES string of the molecule is Cc1ccc(CCc2cccc(F)c2Cl)cc1. The Morgan fingerprint density at radius 2 is 1.71 bits per heavy atom. The minimum absolute atomic E-state index is 0.250. The van der Waals surface area contributed by atoms with Crippen LogP contribution in [0, 0.1) is 12.7 Å². The zero-order chi connectivity index (χ0) is 12.3. The number of benzene rings is 2. The van der Waals surface area contributed by atoms with Gasteiger partial charge in [-0.05, 0) is 37.0 Å². The average Bonchev–Trinajstić information content (AvgIpc) is 2.33. The summed E-state index contributed by atoms with van der Waals surface area (Å²) in [5.41, 5.74) is 3.36. The lowest BCUT2D eigenvalue weighted by molar-refractivity contribution is 0.625. The zero-order valence-corrected chi connectivity index (χ0v) is 10.5. The molecule has 0 bridgehead atoms. The summed E-state index contributed by atoms with van der Waals surface area (Å²) in [4.78, 5) is 0. The van der Waals surface area contributed by atoms with Crippen LogP contribution in [0.1, 0.15) is 16.7 Å². The van der Waals surface area contributed by atoms with E-state index in [1.54, 1.807) is 6.07 Å². The van der Waals surface area contributed by atoms with Gasteiger partial charge in [-0.2, -0.15) is 0 Å². The third-order valence-corrected chi connectivity index (χ3v) is 3.26. The standard InChI is InChI=1S/C15H14ClF/c1-11-5-7-12(8-6-11)9-10-13-3-2-4-14(17)15(13)16/h2-8H,9-10H2,1H3. The summed E-state index contributed by atoms with van der Waals surface area (Å²) in [5.74, 6) is -0.340. The van der Waals surface area contributed by atoms with Gasteiger partial charge in [0.05, 0.1) is 5.02 Å². The maximum atomic E-state index is 13.2. The van der Waals surface area contributed by atoms with E-state index < -0.39 is 0 Å². The lowest BCUT2D eigenvalue weighted by Gasteiger charge is -2.05. The maximum absolute atomic E-state index is 13.2. The Hall–Kier alpha value is -1.34. The molecule has 0 aliphatic heterocycles. The Balaban J connectivity index is 2.07. The monoisotopic (exact) mass is 248 g/mol. The van der Waals surface area contributed by atoms with Crippen LogP contribution in [0.25, 0.3) is 0 Å². The van der Waals surface area contributed by atoms with E-state index in [9.17, 15) is 4.39 Å². The minimum Gasteiger partial charge on any atom is -0.205 e. The molecule has 0 nitrogen and oxygen atoms in total. The minimum atomic E-state index is -0.340. The molecular formula is C15H14ClF. The third kappa shape index (κ3) is 3.07. The number of aryl methyl sites for hydroxylation is 3. The molecule has 0 aliphatic rings. The van der Waals surface area contributed by atoms with Gasteiger partial charge in [0, 0.05) is 0 Å². The van der Waals surface area contributed by atoms with Crippen molar-refractivity contribution >= 4 is 11.6 Å². The molecule has 2 aromatic rings. The molecule has 17 heavy (non-hydrogen) atoms. The van der Waals surface area contributed by atoms with Crippen LogP contribution in [0.5, 0.6) is 0 Å². The van der Waals surface area contributed by atoms with E-state index >= 15 is 0 Å². The smallest absolute Gasteiger partial charge is 0.142 e. The molecule has 88 valence electrons. The fourth-order valence-electron chi connectivity index (χ4n) is 1.78. The van der Waals surface area contributed by atoms with Crippen molar-refractivity contribution in [1.82, 2.24) is 0 Å². The number of rotatable bonds is 3. The molecule has 2 heteroatoms. The van der Waals surface area contributed by atoms with Crippen molar-refractivity contribution in [3.8, 4) is 0 Å². The second kappa shape index (κ2) is 5.33. The highest BCUT2D eigenvalue weighted by atomic mass is 35.5. The molecular weight excluding hydrogens is 235 g/mol. The first-order valence-corrected chi connectivity index (χ1v) is 6.03. The summed E-state index contributed by atoms with van der Waals surface area (Å²) >= 11 is 5.91. The number of hydrogen-bond acceptors (Lipinski definition) is 0. The molecule has 0 heterocycles. The van der Waals surface area contributed by atoms with Crippen LogP contribution in [-0.2, 0) is 12.8 Å². The molecule has 0 atom stereocenters. The van der Waals surface area contributed by atoms with Crippen molar-refractivity contribution in [3.63, 3.8) is 0 Å². The van der Waals surface area contributed by atoms with E-state index in [2.05, 4.69) is 31.2 Å². The average molecular weight is 249 g/mol. The second-order valence-electron chi connectivity index (χ2n) is 4.20. The van der Waals surface area contributed by atoms with Crippen molar-refractivity contribution in [3.05, 3.63) is 70.0 Å². The van der Waals surface area contributed by atoms with Gasteiger partial charge >= 0.3 is 0 Å². The normalized spacial score (nSPS) is 10.5. The highest BCUT2D eigenvalue weighted by Crippen LogP contribution is 2.21. The Kier molecular flexibility index (Phi) is 3.80. The zero-order valence-electron chi connectivity index (χ0n) is 9.71. The van der Waals surface area contributed by atoms with Crippen LogP contribution >= 0.6 is 11.6 Å². The molecule has 2 aromatic carbocycles. The molecule has 0 saturated carbocycles. The van der Waals surface area contributed by atoms with Crippen LogP contribution in [0.3, 0.4) is 0 Å². The fourth-order valence-corrected chi connectivity index (χ4v) is 2.00. The van der Waals surface area contributed by atoms with Gasteiger partial charge in [-0.15, -0.1) is 0 Å². The second-order valence-corrected chi connectivity index (χ2v) is 4.58. The van der Waals surface area contributed by atoms with Crippen molar-refractivity contribution in [2.24, 2.45) is 0 Å². The molecule has 0 unspecified atom stereocenters. The van der Waals surface area contributed by atoms with Crippen molar-refractivity contribution in [2.45, 2.75) is 19.8 Å². The number of hydrogen-bond donors (Lipinski definition) is 0. The predicted octanol–water partition coefficient (Wildman–Crippen LogP) is 4.57. The van der Waals surface area contributed by atoms with E-state index in [0.717, 1.165) is 18.4 Å². The molecule has 0 spiro atoms. The molecule has 0 N–H and O–H groups in total. The Labute approximate surface area is 106 Å². The topological polar surface area (TPSA) is 0 Å². The fraction of sp³-hybridized carbons (Fsp3) is 0.200. The molecule has 0 aromatic heterocycles. The highest BCUT2D eigenvalue weighted by Gasteiger charge is 2.05. The van der Waals surface area contributed by atoms with Gasteiger partial charge in [-0.3, -0.25) is 0 Å².